The molecule has 1 aromatic carbocycles. The van der Waals surface area contributed by atoms with Crippen molar-refractivity contribution >= 4 is 44.7 Å². The summed E-state index contributed by atoms with van der Waals surface area (Å²) in [4.78, 5) is 32.2. The summed E-state index contributed by atoms with van der Waals surface area (Å²) in [6.45, 7) is 6.86. The third kappa shape index (κ3) is 4.47. The number of furan rings is 1. The summed E-state index contributed by atoms with van der Waals surface area (Å²) in [7, 11) is 0. The Kier molecular flexibility index (Phi) is 6.51. The van der Waals surface area contributed by atoms with E-state index < -0.39 is 0 Å². The van der Waals surface area contributed by atoms with Gasteiger partial charge in [0.15, 0.2) is 0 Å². The quantitative estimate of drug-likeness (QED) is 0.331. The van der Waals surface area contributed by atoms with E-state index in [2.05, 4.69) is 15.6 Å². The van der Waals surface area contributed by atoms with Crippen LogP contribution < -0.4 is 16.4 Å². The number of fused-ring (bicyclic) bond motifs is 1. The van der Waals surface area contributed by atoms with Crippen molar-refractivity contribution in [2.75, 3.05) is 24.2 Å². The predicted molar refractivity (Wildman–Crippen MR) is 142 cm³/mol. The average Bonchev–Trinajstić information content (AvgIpc) is 3.60. The number of anilines is 2. The fourth-order valence-corrected chi connectivity index (χ4v) is 5.68. The lowest BCUT2D eigenvalue weighted by Crippen LogP contribution is -2.31. The lowest BCUT2D eigenvalue weighted by atomic mass is 9.99. The summed E-state index contributed by atoms with van der Waals surface area (Å²) in [5, 5.41) is 6.48. The van der Waals surface area contributed by atoms with Crippen LogP contribution in [0.3, 0.4) is 0 Å². The molecule has 5 rings (SSSR count). The lowest BCUT2D eigenvalue weighted by Gasteiger charge is -2.14. The van der Waals surface area contributed by atoms with Crippen LogP contribution in [0.1, 0.15) is 49.7 Å². The molecule has 1 fully saturated rings. The van der Waals surface area contributed by atoms with Crippen molar-refractivity contribution < 1.29 is 18.7 Å². The van der Waals surface area contributed by atoms with E-state index in [0.29, 0.717) is 56.5 Å². The Labute approximate surface area is 212 Å². The number of aryl methyl sites for hydroxylation is 3. The molecule has 4 aromatic rings. The standard InChI is InChI=1S/C27H28N4O4S/c1-14-8-9-18(15(2)12-14)31-25(32)20-16(3)30-27-22(21(20)19-7-5-11-35-19)23(28)24(36-27)26(33)29-13-17-6-4-10-34-17/h5,7-9,11-12,17H,4,6,10,13,28H2,1-3H3,(H,29,33)(H,31,32). The highest BCUT2D eigenvalue weighted by molar-refractivity contribution is 7.21. The maximum Gasteiger partial charge on any atom is 0.263 e. The van der Waals surface area contributed by atoms with Crippen LogP contribution in [0.5, 0.6) is 0 Å². The number of hydrogen-bond acceptors (Lipinski definition) is 7. The van der Waals surface area contributed by atoms with Crippen LogP contribution in [0.15, 0.2) is 41.0 Å². The molecule has 186 valence electrons. The molecule has 4 N–H and O–H groups in total. The second kappa shape index (κ2) is 9.75. The van der Waals surface area contributed by atoms with Gasteiger partial charge >= 0.3 is 0 Å². The van der Waals surface area contributed by atoms with Crippen molar-refractivity contribution in [3.05, 3.63) is 63.9 Å². The molecule has 8 nitrogen and oxygen atoms in total. The third-order valence-corrected chi connectivity index (χ3v) is 7.50. The van der Waals surface area contributed by atoms with E-state index in [9.17, 15) is 9.59 Å². The SMILES string of the molecule is Cc1ccc(NC(=O)c2c(C)nc3sc(C(=O)NCC4CCCO4)c(N)c3c2-c2ccco2)c(C)c1. The molecular weight excluding hydrogens is 476 g/mol. The first-order valence-electron chi connectivity index (χ1n) is 11.9. The Balaban J connectivity index is 1.58. The van der Waals surface area contributed by atoms with Crippen LogP contribution in [0, 0.1) is 20.8 Å². The molecule has 9 heteroatoms. The van der Waals surface area contributed by atoms with Crippen LogP contribution in [0.2, 0.25) is 0 Å². The van der Waals surface area contributed by atoms with Crippen LogP contribution in [0.25, 0.3) is 21.5 Å². The first kappa shape index (κ1) is 24.0. The van der Waals surface area contributed by atoms with Gasteiger partial charge in [-0.15, -0.1) is 11.3 Å². The minimum atomic E-state index is -0.324. The Morgan fingerprint density at radius 2 is 2.03 bits per heavy atom. The predicted octanol–water partition coefficient (Wildman–Crippen LogP) is 5.22. The summed E-state index contributed by atoms with van der Waals surface area (Å²) in [5.41, 5.74) is 11.0. The number of hydrogen-bond donors (Lipinski definition) is 3. The number of nitrogens with one attached hydrogen (secondary N) is 2. The Morgan fingerprint density at radius 3 is 2.72 bits per heavy atom. The van der Waals surface area contributed by atoms with Crippen molar-refractivity contribution in [2.24, 2.45) is 0 Å². The number of carbonyl (C=O) groups excluding carboxylic acids is 2. The average molecular weight is 505 g/mol. The second-order valence-electron chi connectivity index (χ2n) is 9.07. The monoisotopic (exact) mass is 504 g/mol. The lowest BCUT2D eigenvalue weighted by molar-refractivity contribution is 0.0861. The normalized spacial score (nSPS) is 15.4. The largest absolute Gasteiger partial charge is 0.464 e. The van der Waals surface area contributed by atoms with Crippen molar-refractivity contribution in [3.63, 3.8) is 0 Å². The highest BCUT2D eigenvalue weighted by Gasteiger charge is 2.28. The van der Waals surface area contributed by atoms with Gasteiger partial charge < -0.3 is 25.5 Å². The van der Waals surface area contributed by atoms with Crippen molar-refractivity contribution in [1.82, 2.24) is 10.3 Å². The molecule has 0 saturated carbocycles. The molecule has 1 atom stereocenters. The minimum absolute atomic E-state index is 0.0177. The van der Waals surface area contributed by atoms with Gasteiger partial charge in [0, 0.05) is 29.8 Å². The molecule has 36 heavy (non-hydrogen) atoms. The van der Waals surface area contributed by atoms with Crippen LogP contribution in [0.4, 0.5) is 11.4 Å². The molecule has 1 saturated heterocycles. The number of nitrogens with zero attached hydrogens (tertiary/aromatic N) is 1. The Bertz CT molecular complexity index is 1450. The molecule has 4 heterocycles. The number of pyridine rings is 1. The molecule has 1 aliphatic rings. The number of aromatic nitrogens is 1. The summed E-state index contributed by atoms with van der Waals surface area (Å²) in [6.07, 6.45) is 3.48. The molecule has 2 amide bonds. The number of rotatable bonds is 6. The maximum atomic E-state index is 13.6. The highest BCUT2D eigenvalue weighted by atomic mass is 32.1. The van der Waals surface area contributed by atoms with Crippen LogP contribution >= 0.6 is 11.3 Å². The number of nitrogen functional groups attached to an aromatic ring is 1. The first-order chi connectivity index (χ1) is 17.3. The minimum Gasteiger partial charge on any atom is -0.464 e. The molecule has 1 aliphatic heterocycles. The number of amides is 2. The van der Waals surface area contributed by atoms with Crippen molar-refractivity contribution in [3.8, 4) is 11.3 Å². The van der Waals surface area contributed by atoms with E-state index in [0.717, 1.165) is 24.0 Å². The van der Waals surface area contributed by atoms with E-state index in [1.54, 1.807) is 25.3 Å². The summed E-state index contributed by atoms with van der Waals surface area (Å²) < 4.78 is 11.3. The van der Waals surface area contributed by atoms with Crippen molar-refractivity contribution in [1.29, 1.82) is 0 Å². The molecule has 0 bridgehead atoms. The zero-order valence-electron chi connectivity index (χ0n) is 20.4. The smallest absolute Gasteiger partial charge is 0.263 e. The van der Waals surface area contributed by atoms with Crippen molar-refractivity contribution in [2.45, 2.75) is 39.7 Å². The number of benzene rings is 1. The zero-order valence-corrected chi connectivity index (χ0v) is 21.3. The molecule has 0 spiro atoms. The third-order valence-electron chi connectivity index (χ3n) is 6.40. The highest BCUT2D eigenvalue weighted by Crippen LogP contribution is 2.42. The van der Waals surface area contributed by atoms with E-state index in [4.69, 9.17) is 14.9 Å². The molecule has 0 radical (unpaired) electrons. The summed E-state index contributed by atoms with van der Waals surface area (Å²) in [5.74, 6) is -0.127. The van der Waals surface area contributed by atoms with Gasteiger partial charge in [0.1, 0.15) is 15.5 Å². The molecule has 1 unspecified atom stereocenters. The van der Waals surface area contributed by atoms with Gasteiger partial charge in [0.2, 0.25) is 0 Å². The van der Waals surface area contributed by atoms with Gasteiger partial charge in [0.25, 0.3) is 11.8 Å². The fraction of sp³-hybridized carbons (Fsp3) is 0.296. The topological polar surface area (TPSA) is 119 Å². The summed E-state index contributed by atoms with van der Waals surface area (Å²) in [6, 6.07) is 9.36. The van der Waals surface area contributed by atoms with E-state index >= 15 is 0 Å². The van der Waals surface area contributed by atoms with Gasteiger partial charge in [-0.25, -0.2) is 4.98 Å². The number of carbonyl (C=O) groups is 2. The number of ether oxygens (including phenoxy) is 1. The zero-order chi connectivity index (χ0) is 25.4. The molecular formula is C27H28N4O4S. The maximum absolute atomic E-state index is 13.6. The molecule has 0 aliphatic carbocycles. The second-order valence-corrected chi connectivity index (χ2v) is 10.1. The van der Waals surface area contributed by atoms with Crippen LogP contribution in [-0.4, -0.2) is 36.1 Å². The molecule has 3 aromatic heterocycles. The van der Waals surface area contributed by atoms with Gasteiger partial charge in [0.05, 0.1) is 29.3 Å². The Morgan fingerprint density at radius 1 is 1.19 bits per heavy atom. The van der Waals surface area contributed by atoms with Gasteiger partial charge in [-0.1, -0.05) is 17.7 Å². The van der Waals surface area contributed by atoms with E-state index in [1.807, 2.05) is 32.0 Å². The van der Waals surface area contributed by atoms with Crippen LogP contribution in [-0.2, 0) is 4.74 Å². The first-order valence-corrected chi connectivity index (χ1v) is 12.7. The number of nitrogens with two attached hydrogens (primary N) is 1. The Hall–Kier alpha value is -3.69. The van der Waals surface area contributed by atoms with E-state index in [-0.39, 0.29) is 23.6 Å². The van der Waals surface area contributed by atoms with Gasteiger partial charge in [-0.05, 0) is 57.4 Å². The number of thiophene rings is 1. The van der Waals surface area contributed by atoms with E-state index in [1.165, 1.54) is 11.3 Å². The fourth-order valence-electron chi connectivity index (χ4n) is 4.61. The van der Waals surface area contributed by atoms with Gasteiger partial charge in [-0.2, -0.15) is 0 Å². The van der Waals surface area contributed by atoms with Gasteiger partial charge in [-0.3, -0.25) is 9.59 Å². The summed E-state index contributed by atoms with van der Waals surface area (Å²) >= 11 is 1.21.